The van der Waals surface area contributed by atoms with Gasteiger partial charge in [0, 0.05) is 6.07 Å². The lowest BCUT2D eigenvalue weighted by atomic mass is 10.1. The lowest BCUT2D eigenvalue weighted by Crippen LogP contribution is -2.24. The molecule has 0 saturated heterocycles. The number of amides is 2. The normalized spacial score (nSPS) is 13.2. The monoisotopic (exact) mass is 319 g/mol. The molecule has 1 aliphatic rings. The van der Waals surface area contributed by atoms with Crippen LogP contribution in [0.25, 0.3) is 5.69 Å². The molecule has 2 amide bonds. The van der Waals surface area contributed by atoms with Crippen LogP contribution >= 0.6 is 11.6 Å². The maximum Gasteiger partial charge on any atom is 0.262 e. The molecule has 0 fully saturated rings. The summed E-state index contributed by atoms with van der Waals surface area (Å²) in [5.41, 5.74) is 5.75. The Labute approximate surface area is 128 Å². The third kappa shape index (κ3) is 1.79. The van der Waals surface area contributed by atoms with E-state index in [1.165, 1.54) is 6.07 Å². The van der Waals surface area contributed by atoms with Crippen molar-refractivity contribution in [3.8, 4) is 11.4 Å². The molecule has 1 aromatic heterocycles. The van der Waals surface area contributed by atoms with Crippen molar-refractivity contribution >= 4 is 29.2 Å². The fourth-order valence-electron chi connectivity index (χ4n) is 2.35. The number of benzene rings is 1. The number of carbonyl (C=O) groups is 2. The Hall–Kier alpha value is -2.80. The lowest BCUT2D eigenvalue weighted by Gasteiger charge is -2.14. The fourth-order valence-corrected chi connectivity index (χ4v) is 2.65. The zero-order valence-electron chi connectivity index (χ0n) is 11.3. The highest BCUT2D eigenvalue weighted by Gasteiger charge is 2.32. The summed E-state index contributed by atoms with van der Waals surface area (Å²) in [4.78, 5) is 35.6. The first kappa shape index (κ1) is 14.2. The topological polar surface area (TPSA) is 114 Å². The number of nitrogens with one attached hydrogen (secondary N) is 1. The van der Waals surface area contributed by atoms with Crippen molar-refractivity contribution in [2.75, 3.05) is 5.73 Å². The van der Waals surface area contributed by atoms with E-state index >= 15 is 0 Å². The Morgan fingerprint density at radius 3 is 2.59 bits per heavy atom. The molecule has 1 aliphatic heterocycles. The third-order valence-corrected chi connectivity index (χ3v) is 3.86. The maximum absolute atomic E-state index is 12.3. The van der Waals surface area contributed by atoms with Gasteiger partial charge in [-0.05, 0) is 18.6 Å². The zero-order chi connectivity index (χ0) is 16.2. The molecule has 1 aromatic carbocycles. The molecule has 0 radical (unpaired) electrons. The van der Waals surface area contributed by atoms with Gasteiger partial charge in [0.2, 0.25) is 0 Å². The Morgan fingerprint density at radius 1 is 1.23 bits per heavy atom. The number of carbonyl (C=O) groups excluding carboxylic acids is 2. The Morgan fingerprint density at radius 2 is 1.91 bits per heavy atom. The maximum atomic E-state index is 12.3. The number of hydrogen-bond acceptors (Lipinski definition) is 5. The van der Waals surface area contributed by atoms with Crippen LogP contribution in [-0.4, -0.2) is 21.5 Å². The Balaban J connectivity index is 2.38. The average Bonchev–Trinajstić information content (AvgIpc) is 2.73. The van der Waals surface area contributed by atoms with Crippen molar-refractivity contribution in [3.05, 3.63) is 50.3 Å². The summed E-state index contributed by atoms with van der Waals surface area (Å²) in [7, 11) is 0. The minimum absolute atomic E-state index is 0.0709. The summed E-state index contributed by atoms with van der Waals surface area (Å²) in [6, 6.07) is 4.07. The third-order valence-electron chi connectivity index (χ3n) is 3.49. The van der Waals surface area contributed by atoms with Crippen molar-refractivity contribution < 1.29 is 14.7 Å². The number of halogens is 1. The van der Waals surface area contributed by atoms with Crippen molar-refractivity contribution in [2.45, 2.75) is 6.92 Å². The number of phenolic OH excluding ortho intramolecular Hbond substituents is 1. The number of phenols is 1. The van der Waals surface area contributed by atoms with Crippen LogP contribution in [-0.2, 0) is 0 Å². The molecule has 0 bridgehead atoms. The molecule has 8 heteroatoms. The van der Waals surface area contributed by atoms with Crippen molar-refractivity contribution in [1.82, 2.24) is 9.88 Å². The van der Waals surface area contributed by atoms with Gasteiger partial charge >= 0.3 is 0 Å². The fraction of sp³-hybridized carbons (Fsp3) is 0.0714. The van der Waals surface area contributed by atoms with Gasteiger partial charge in [0.05, 0.1) is 16.8 Å². The van der Waals surface area contributed by atoms with Crippen LogP contribution in [0.4, 0.5) is 5.82 Å². The second kappa shape index (κ2) is 4.60. The predicted molar refractivity (Wildman–Crippen MR) is 79.7 cm³/mol. The van der Waals surface area contributed by atoms with E-state index in [0.29, 0.717) is 5.56 Å². The zero-order valence-corrected chi connectivity index (χ0v) is 12.1. The summed E-state index contributed by atoms with van der Waals surface area (Å²) in [6.45, 7) is 1.64. The first-order chi connectivity index (χ1) is 10.3. The molecule has 2 heterocycles. The van der Waals surface area contributed by atoms with E-state index in [-0.39, 0.29) is 33.4 Å². The van der Waals surface area contributed by atoms with Crippen LogP contribution in [0.2, 0.25) is 5.02 Å². The smallest absolute Gasteiger partial charge is 0.262 e. The first-order valence-electron chi connectivity index (χ1n) is 6.22. The largest absolute Gasteiger partial charge is 0.506 e. The predicted octanol–water partition coefficient (Wildman–Crippen LogP) is 0.971. The van der Waals surface area contributed by atoms with Gasteiger partial charge in [-0.25, -0.2) is 0 Å². The van der Waals surface area contributed by atoms with Gasteiger partial charge in [-0.2, -0.15) is 0 Å². The van der Waals surface area contributed by atoms with E-state index in [4.69, 9.17) is 17.3 Å². The molecule has 2 aromatic rings. The van der Waals surface area contributed by atoms with E-state index in [0.717, 1.165) is 10.6 Å². The van der Waals surface area contributed by atoms with Gasteiger partial charge in [0.1, 0.15) is 16.6 Å². The number of nitrogens with zero attached hydrogens (tertiary/aromatic N) is 1. The SMILES string of the molecule is Cc1ccc(-n2c(N)c3c(cc2=O)C(=O)NC3=O)c(Cl)c1O. The first-order valence-corrected chi connectivity index (χ1v) is 6.60. The molecule has 0 unspecified atom stereocenters. The molecule has 0 aliphatic carbocycles. The summed E-state index contributed by atoms with van der Waals surface area (Å²) < 4.78 is 0.985. The number of hydrogen-bond donors (Lipinski definition) is 3. The van der Waals surface area contributed by atoms with Gasteiger partial charge in [-0.1, -0.05) is 17.7 Å². The van der Waals surface area contributed by atoms with E-state index in [1.54, 1.807) is 13.0 Å². The van der Waals surface area contributed by atoms with Crippen LogP contribution in [0.5, 0.6) is 5.75 Å². The van der Waals surface area contributed by atoms with Gasteiger partial charge in [0.25, 0.3) is 17.4 Å². The summed E-state index contributed by atoms with van der Waals surface area (Å²) in [5, 5.41) is 11.9. The standard InChI is InChI=1S/C14H10ClN3O4/c1-5-2-3-7(10(15)11(5)20)18-8(19)4-6-9(12(18)16)14(22)17-13(6)21/h2-4,20H,16H2,1H3,(H,17,21,22). The number of nitrogens with two attached hydrogens (primary N) is 1. The van der Waals surface area contributed by atoms with Gasteiger partial charge < -0.3 is 10.8 Å². The minimum Gasteiger partial charge on any atom is -0.506 e. The minimum atomic E-state index is -0.682. The molecular weight excluding hydrogens is 310 g/mol. The summed E-state index contributed by atoms with van der Waals surface area (Å²) in [5.74, 6) is -1.75. The van der Waals surface area contributed by atoms with E-state index < -0.39 is 17.4 Å². The highest BCUT2D eigenvalue weighted by Crippen LogP contribution is 2.34. The van der Waals surface area contributed by atoms with Crippen LogP contribution < -0.4 is 16.6 Å². The van der Waals surface area contributed by atoms with Crippen LogP contribution in [0, 0.1) is 6.92 Å². The number of pyridine rings is 1. The summed E-state index contributed by atoms with van der Waals surface area (Å²) in [6.07, 6.45) is 0. The number of nitrogen functional groups attached to an aromatic ring is 1. The van der Waals surface area contributed by atoms with Crippen molar-refractivity contribution in [1.29, 1.82) is 0 Å². The average molecular weight is 320 g/mol. The Kier molecular flexibility index (Phi) is 2.96. The van der Waals surface area contributed by atoms with Crippen LogP contribution in [0.1, 0.15) is 26.3 Å². The number of aryl methyl sites for hydroxylation is 1. The molecule has 0 spiro atoms. The van der Waals surface area contributed by atoms with Crippen LogP contribution in [0.3, 0.4) is 0 Å². The molecule has 7 nitrogen and oxygen atoms in total. The van der Waals surface area contributed by atoms with E-state index in [1.807, 2.05) is 0 Å². The number of aromatic hydroxyl groups is 1. The number of anilines is 1. The number of imide groups is 1. The number of fused-ring (bicyclic) bond motifs is 1. The lowest BCUT2D eigenvalue weighted by molar-refractivity contribution is 0.0880. The quantitative estimate of drug-likeness (QED) is 0.678. The highest BCUT2D eigenvalue weighted by atomic mass is 35.5. The van der Waals surface area contributed by atoms with Gasteiger partial charge in [0.15, 0.2) is 0 Å². The number of rotatable bonds is 1. The molecule has 3 rings (SSSR count). The Bertz CT molecular complexity index is 917. The molecule has 112 valence electrons. The molecule has 22 heavy (non-hydrogen) atoms. The second-order valence-corrected chi connectivity index (χ2v) is 5.22. The molecule has 4 N–H and O–H groups in total. The molecular formula is C14H10ClN3O4. The van der Waals surface area contributed by atoms with Gasteiger partial charge in [-0.3, -0.25) is 24.3 Å². The van der Waals surface area contributed by atoms with Gasteiger partial charge in [-0.15, -0.1) is 0 Å². The molecule has 0 atom stereocenters. The van der Waals surface area contributed by atoms with E-state index in [2.05, 4.69) is 5.32 Å². The molecule has 0 saturated carbocycles. The van der Waals surface area contributed by atoms with Crippen LogP contribution in [0.15, 0.2) is 23.0 Å². The van der Waals surface area contributed by atoms with Crippen molar-refractivity contribution in [2.24, 2.45) is 0 Å². The highest BCUT2D eigenvalue weighted by molar-refractivity contribution is 6.34. The van der Waals surface area contributed by atoms with E-state index in [9.17, 15) is 19.5 Å². The number of aromatic nitrogens is 1. The van der Waals surface area contributed by atoms with Crippen molar-refractivity contribution in [3.63, 3.8) is 0 Å². The second-order valence-electron chi connectivity index (χ2n) is 4.84. The summed E-state index contributed by atoms with van der Waals surface area (Å²) >= 11 is 6.06.